The van der Waals surface area contributed by atoms with Gasteiger partial charge in [-0.3, -0.25) is 9.59 Å². The first-order chi connectivity index (χ1) is 34.7. The predicted molar refractivity (Wildman–Crippen MR) is 265 cm³/mol. The maximum Gasteiger partial charge on any atom is 0.418 e. The molecule has 10 rings (SSSR count). The molecule has 0 radical (unpaired) electrons. The highest BCUT2D eigenvalue weighted by Gasteiger charge is 2.46. The fraction of sp³-hybridized carbons (Fsp3) is 0.404. The van der Waals surface area contributed by atoms with Crippen LogP contribution < -0.4 is 25.7 Å². The fourth-order valence-electron chi connectivity index (χ4n) is 10.7. The number of aliphatic hydroxyl groups is 1. The lowest BCUT2D eigenvalue weighted by Gasteiger charge is -2.41. The van der Waals surface area contributed by atoms with E-state index in [4.69, 9.17) is 41.5 Å². The number of nitrogen functional groups attached to an aromatic ring is 1. The number of anilines is 2. The summed E-state index contributed by atoms with van der Waals surface area (Å²) < 4.78 is 79.9. The molecule has 2 atom stereocenters. The average Bonchev–Trinajstić information content (AvgIpc) is 3.72. The van der Waals surface area contributed by atoms with Gasteiger partial charge in [0.15, 0.2) is 11.4 Å². The highest BCUT2D eigenvalue weighted by molar-refractivity contribution is 6.34. The number of halogens is 5. The molecule has 0 bridgehead atoms. The van der Waals surface area contributed by atoms with Crippen molar-refractivity contribution in [1.29, 1.82) is 0 Å². The van der Waals surface area contributed by atoms with Crippen LogP contribution in [0, 0.1) is 12.7 Å². The number of alkyl halides is 3. The molecule has 0 aliphatic carbocycles. The van der Waals surface area contributed by atoms with Crippen LogP contribution in [0.4, 0.5) is 29.2 Å². The summed E-state index contributed by atoms with van der Waals surface area (Å²) in [7, 11) is 1.99. The second-order valence-electron chi connectivity index (χ2n) is 19.2. The summed E-state index contributed by atoms with van der Waals surface area (Å²) in [4.78, 5) is 64.3. The highest BCUT2D eigenvalue weighted by atomic mass is 35.5. The number of hydrogen-bond donors (Lipinski definition) is 2. The quantitative estimate of drug-likeness (QED) is 0.0778. The molecule has 8 heterocycles. The van der Waals surface area contributed by atoms with Crippen LogP contribution in [0.25, 0.3) is 44.5 Å². The Hall–Kier alpha value is -6.90. The lowest BCUT2D eigenvalue weighted by Crippen LogP contribution is -2.54. The minimum atomic E-state index is -4.92. The molecule has 4 aliphatic rings. The number of amides is 1. The van der Waals surface area contributed by atoms with Crippen LogP contribution in [0.3, 0.4) is 0 Å². The molecule has 4 aromatic heterocycles. The van der Waals surface area contributed by atoms with Crippen molar-refractivity contribution in [3.63, 3.8) is 0 Å². The zero-order valence-electron chi connectivity index (χ0n) is 40.8. The second kappa shape index (κ2) is 18.5. The molecule has 0 spiro atoms. The molecule has 0 unspecified atom stereocenters. The Bertz CT molecular complexity index is 3380. The number of ether oxygens (including phenoxy) is 3. The minimum absolute atomic E-state index is 0.0313. The summed E-state index contributed by atoms with van der Waals surface area (Å²) in [6, 6.07) is 8.85. The zero-order valence-corrected chi connectivity index (χ0v) is 41.5. The van der Waals surface area contributed by atoms with Crippen molar-refractivity contribution in [2.45, 2.75) is 90.5 Å². The third-order valence-electron chi connectivity index (χ3n) is 14.6. The molecule has 3 N–H and O–H groups in total. The number of esters is 1. The summed E-state index contributed by atoms with van der Waals surface area (Å²) in [5.41, 5.74) is 4.65. The minimum Gasteiger partial charge on any atom is -0.489 e. The van der Waals surface area contributed by atoms with E-state index in [1.54, 1.807) is 34.6 Å². The summed E-state index contributed by atoms with van der Waals surface area (Å²) in [6.45, 7) is 12.7. The van der Waals surface area contributed by atoms with Crippen LogP contribution in [0.5, 0.6) is 11.8 Å². The number of pyridine rings is 3. The van der Waals surface area contributed by atoms with Crippen LogP contribution in [-0.2, 0) is 45.7 Å². The number of aromatic nitrogens is 5. The number of nitrogens with zero attached hydrogens (tertiary/aromatic N) is 8. The molecular weight excluding hydrogens is 974 g/mol. The van der Waals surface area contributed by atoms with Gasteiger partial charge in [0.25, 0.3) is 11.5 Å². The molecule has 16 nitrogen and oxygen atoms in total. The van der Waals surface area contributed by atoms with Gasteiger partial charge in [0.1, 0.15) is 42.2 Å². The van der Waals surface area contributed by atoms with Crippen LogP contribution in [0.2, 0.25) is 5.02 Å². The number of cyclic esters (lactones) is 1. The third-order valence-corrected chi connectivity index (χ3v) is 14.9. The summed E-state index contributed by atoms with van der Waals surface area (Å²) in [6.07, 6.45) is -3.32. The van der Waals surface area contributed by atoms with Crippen molar-refractivity contribution in [2.24, 2.45) is 0 Å². The molecule has 73 heavy (non-hydrogen) atoms. The van der Waals surface area contributed by atoms with Crippen molar-refractivity contribution >= 4 is 56.9 Å². The summed E-state index contributed by atoms with van der Waals surface area (Å²) in [5, 5.41) is 11.9. The van der Waals surface area contributed by atoms with Gasteiger partial charge in [-0.2, -0.15) is 23.1 Å². The lowest BCUT2D eigenvalue weighted by atomic mass is 9.86. The van der Waals surface area contributed by atoms with E-state index in [-0.39, 0.29) is 119 Å². The van der Waals surface area contributed by atoms with E-state index in [1.807, 2.05) is 31.9 Å². The fourth-order valence-corrected chi connectivity index (χ4v) is 11.0. The van der Waals surface area contributed by atoms with Gasteiger partial charge in [-0.25, -0.2) is 19.2 Å². The molecule has 382 valence electrons. The first kappa shape index (κ1) is 49.7. The molecule has 0 saturated carbocycles. The number of fused-ring (bicyclic) bond motifs is 6. The standard InChI is InChI=1S/C52H52ClF4N9O7/c1-7-30-31-18-29(9-10-37(31)59-43-33(30)22-66-38(43)20-35-34(48(66)68)24-72-49(69)51(35,70)8-2)71-23-26(4)47(67)64-15-16-65(27(5)21-64)46-32-19-36(53)40(45-41(52(55,56)57)25(3)17-39(58)60-45)42(54)44(32)61-50(62-46)73-28-11-13-63(6)14-12-28/h9-10,17-20,27-28,70H,4,7-8,11-16,21-24H2,1-3,5-6H3,(H2,58,60)/t27-,51-/m0/s1. The maximum atomic E-state index is 17.1. The Labute approximate surface area is 421 Å². The van der Waals surface area contributed by atoms with E-state index in [1.165, 1.54) is 13.0 Å². The third kappa shape index (κ3) is 8.55. The van der Waals surface area contributed by atoms with Crippen LogP contribution in [0.15, 0.2) is 53.3 Å². The van der Waals surface area contributed by atoms with Gasteiger partial charge in [-0.05, 0) is 94.1 Å². The summed E-state index contributed by atoms with van der Waals surface area (Å²) in [5.74, 6) is -1.86. The first-order valence-corrected chi connectivity index (χ1v) is 24.5. The normalized spacial score (nSPS) is 19.2. The number of rotatable bonds is 10. The summed E-state index contributed by atoms with van der Waals surface area (Å²) >= 11 is 6.72. The Morgan fingerprint density at radius 2 is 1.77 bits per heavy atom. The van der Waals surface area contributed by atoms with E-state index >= 15 is 4.39 Å². The predicted octanol–water partition coefficient (Wildman–Crippen LogP) is 7.49. The number of benzene rings is 2. The van der Waals surface area contributed by atoms with Gasteiger partial charge in [-0.15, -0.1) is 0 Å². The second-order valence-corrected chi connectivity index (χ2v) is 19.6. The van der Waals surface area contributed by atoms with Crippen molar-refractivity contribution in [2.75, 3.05) is 57.0 Å². The number of carbonyl (C=O) groups is 2. The van der Waals surface area contributed by atoms with Crippen LogP contribution in [-0.4, -0.2) is 110 Å². The van der Waals surface area contributed by atoms with Gasteiger partial charge in [-0.1, -0.05) is 32.0 Å². The maximum absolute atomic E-state index is 17.1. The van der Waals surface area contributed by atoms with E-state index in [0.717, 1.165) is 35.7 Å². The number of piperidine rings is 1. The largest absolute Gasteiger partial charge is 0.489 e. The number of carbonyl (C=O) groups excluding carboxylic acids is 2. The van der Waals surface area contributed by atoms with Crippen molar-refractivity contribution in [1.82, 2.24) is 34.3 Å². The first-order valence-electron chi connectivity index (χ1n) is 24.1. The number of likely N-dealkylation sites (tertiary alicyclic amines) is 1. The molecule has 21 heteroatoms. The van der Waals surface area contributed by atoms with Gasteiger partial charge in [0, 0.05) is 66.2 Å². The van der Waals surface area contributed by atoms with Gasteiger partial charge in [0.2, 0.25) is 0 Å². The lowest BCUT2D eigenvalue weighted by molar-refractivity contribution is -0.172. The van der Waals surface area contributed by atoms with Gasteiger partial charge < -0.3 is 44.3 Å². The van der Waals surface area contributed by atoms with E-state index in [2.05, 4.69) is 21.4 Å². The number of nitrogens with two attached hydrogens (primary N) is 1. The number of aryl methyl sites for hydroxylation is 2. The topological polar surface area (TPSA) is 191 Å². The zero-order chi connectivity index (χ0) is 52.0. The van der Waals surface area contributed by atoms with Crippen LogP contribution in [0.1, 0.15) is 73.4 Å². The van der Waals surface area contributed by atoms with Crippen molar-refractivity contribution < 1.29 is 46.5 Å². The van der Waals surface area contributed by atoms with Crippen molar-refractivity contribution in [3.05, 3.63) is 103 Å². The molecule has 2 saturated heterocycles. The molecule has 2 fully saturated rings. The van der Waals surface area contributed by atoms with E-state index in [0.29, 0.717) is 41.9 Å². The van der Waals surface area contributed by atoms with Gasteiger partial charge >= 0.3 is 18.2 Å². The molecular formula is C52H52ClF4N9O7. The average molecular weight is 1030 g/mol. The van der Waals surface area contributed by atoms with E-state index < -0.39 is 46.4 Å². The number of piperazine rings is 1. The molecule has 4 aliphatic heterocycles. The Morgan fingerprint density at radius 1 is 1.01 bits per heavy atom. The molecule has 6 aromatic rings. The monoisotopic (exact) mass is 1030 g/mol. The Kier molecular flexibility index (Phi) is 12.6. The van der Waals surface area contributed by atoms with Crippen molar-refractivity contribution in [3.8, 4) is 34.4 Å². The smallest absolute Gasteiger partial charge is 0.418 e. The molecule has 2 aromatic carbocycles. The SMILES string of the molecule is C=C(COc1ccc2nc3c(c(CC)c2c1)Cn1c-3cc2c(c1=O)COC(=O)[C@]2(O)CC)C(=O)N1CCN(c2nc(OC3CCN(C)CC3)nc3c(F)c(-c4nc(N)cc(C)c4C(F)(F)F)c(Cl)cc23)[C@@H](C)C1. The highest BCUT2D eigenvalue weighted by Crippen LogP contribution is 2.46. The van der Waals surface area contributed by atoms with E-state index in [9.17, 15) is 32.7 Å². The molecule has 1 amide bonds. The Morgan fingerprint density at radius 3 is 2.47 bits per heavy atom. The van der Waals surface area contributed by atoms with Crippen LogP contribution >= 0.6 is 11.6 Å². The number of hydrogen-bond acceptors (Lipinski definition) is 14. The van der Waals surface area contributed by atoms with Gasteiger partial charge in [0.05, 0.1) is 50.9 Å². The Balaban J connectivity index is 0.889.